The van der Waals surface area contributed by atoms with E-state index in [1.54, 1.807) is 18.3 Å². The maximum absolute atomic E-state index is 12.5. The van der Waals surface area contributed by atoms with E-state index in [1.165, 1.54) is 0 Å². The number of aromatic nitrogens is 2. The molecule has 1 aliphatic heterocycles. The lowest BCUT2D eigenvalue weighted by atomic mass is 10.1. The number of likely N-dealkylation sites (tertiary alicyclic amines) is 1. The van der Waals surface area contributed by atoms with Crippen LogP contribution in [0.3, 0.4) is 0 Å². The molecule has 2 aromatic rings. The van der Waals surface area contributed by atoms with Gasteiger partial charge in [-0.05, 0) is 31.0 Å². The molecule has 7 heteroatoms. The van der Waals surface area contributed by atoms with E-state index >= 15 is 0 Å². The van der Waals surface area contributed by atoms with Crippen LogP contribution in [0.1, 0.15) is 38.2 Å². The smallest absolute Gasteiger partial charge is 0.264 e. The van der Waals surface area contributed by atoms with E-state index in [4.69, 9.17) is 5.73 Å². The summed E-state index contributed by atoms with van der Waals surface area (Å²) in [6.07, 6.45) is 5.64. The molecule has 0 radical (unpaired) electrons. The van der Waals surface area contributed by atoms with Gasteiger partial charge >= 0.3 is 0 Å². The Morgan fingerprint density at radius 1 is 1.33 bits per heavy atom. The number of amides is 2. The number of nitrogens with zero attached hydrogens (tertiary/aromatic N) is 3. The van der Waals surface area contributed by atoms with E-state index in [0.717, 1.165) is 30.7 Å². The minimum absolute atomic E-state index is 0.0376. The first kappa shape index (κ1) is 13.8. The van der Waals surface area contributed by atoms with Crippen molar-refractivity contribution in [2.75, 3.05) is 13.1 Å². The molecular formula is C14H16N4O2S. The average Bonchev–Trinajstić information content (AvgIpc) is 3.18. The standard InChI is InChI=1S/C14H16N4O2S/c15-13(19)11-4-5-12(21-11)14(20)17-7-1-3-10(9-17)18-8-2-6-16-18/h2,4-6,8,10H,1,3,7,9H2,(H2,15,19)/t10-/m1/s1. The van der Waals surface area contributed by atoms with Crippen molar-refractivity contribution in [3.05, 3.63) is 40.3 Å². The van der Waals surface area contributed by atoms with Crippen LogP contribution in [0, 0.1) is 0 Å². The van der Waals surface area contributed by atoms with Crippen LogP contribution >= 0.6 is 11.3 Å². The zero-order valence-electron chi connectivity index (χ0n) is 11.4. The Balaban J connectivity index is 1.73. The first-order valence-electron chi connectivity index (χ1n) is 6.83. The monoisotopic (exact) mass is 304 g/mol. The number of carbonyl (C=O) groups is 2. The molecule has 2 N–H and O–H groups in total. The quantitative estimate of drug-likeness (QED) is 0.933. The molecule has 21 heavy (non-hydrogen) atoms. The number of rotatable bonds is 3. The summed E-state index contributed by atoms with van der Waals surface area (Å²) in [7, 11) is 0. The fourth-order valence-electron chi connectivity index (χ4n) is 2.59. The summed E-state index contributed by atoms with van der Waals surface area (Å²) >= 11 is 1.15. The fraction of sp³-hybridized carbons (Fsp3) is 0.357. The summed E-state index contributed by atoms with van der Waals surface area (Å²) in [6.45, 7) is 1.38. The average molecular weight is 304 g/mol. The molecule has 1 atom stereocenters. The molecule has 0 aliphatic carbocycles. The molecule has 0 spiro atoms. The molecule has 3 heterocycles. The molecule has 0 unspecified atom stereocenters. The second-order valence-electron chi connectivity index (χ2n) is 5.06. The zero-order chi connectivity index (χ0) is 14.8. The lowest BCUT2D eigenvalue weighted by Crippen LogP contribution is -2.40. The molecule has 2 amide bonds. The molecule has 2 aromatic heterocycles. The Morgan fingerprint density at radius 2 is 2.14 bits per heavy atom. The third kappa shape index (κ3) is 2.82. The number of primary amides is 1. The molecule has 1 saturated heterocycles. The van der Waals surface area contributed by atoms with E-state index < -0.39 is 5.91 Å². The van der Waals surface area contributed by atoms with Gasteiger partial charge in [0.15, 0.2) is 0 Å². The van der Waals surface area contributed by atoms with Gasteiger partial charge < -0.3 is 10.6 Å². The number of piperidine rings is 1. The van der Waals surface area contributed by atoms with Crippen molar-refractivity contribution in [2.45, 2.75) is 18.9 Å². The van der Waals surface area contributed by atoms with Gasteiger partial charge in [0, 0.05) is 25.5 Å². The van der Waals surface area contributed by atoms with Gasteiger partial charge in [-0.3, -0.25) is 14.3 Å². The lowest BCUT2D eigenvalue weighted by Gasteiger charge is -2.32. The highest BCUT2D eigenvalue weighted by atomic mass is 32.1. The summed E-state index contributed by atoms with van der Waals surface area (Å²) < 4.78 is 1.91. The van der Waals surface area contributed by atoms with Gasteiger partial charge in [0.2, 0.25) is 0 Å². The van der Waals surface area contributed by atoms with E-state index in [1.807, 2.05) is 21.8 Å². The highest BCUT2D eigenvalue weighted by Gasteiger charge is 2.26. The van der Waals surface area contributed by atoms with Crippen LogP contribution < -0.4 is 5.73 Å². The van der Waals surface area contributed by atoms with Crippen molar-refractivity contribution in [3.8, 4) is 0 Å². The molecular weight excluding hydrogens is 288 g/mol. The minimum Gasteiger partial charge on any atom is -0.365 e. The topological polar surface area (TPSA) is 81.2 Å². The van der Waals surface area contributed by atoms with Gasteiger partial charge in [0.1, 0.15) is 0 Å². The van der Waals surface area contributed by atoms with Crippen molar-refractivity contribution >= 4 is 23.2 Å². The Kier molecular flexibility index (Phi) is 3.74. The van der Waals surface area contributed by atoms with Gasteiger partial charge in [-0.25, -0.2) is 0 Å². The first-order valence-corrected chi connectivity index (χ1v) is 7.65. The van der Waals surface area contributed by atoms with Crippen molar-refractivity contribution in [3.63, 3.8) is 0 Å². The van der Waals surface area contributed by atoms with Crippen molar-refractivity contribution in [1.82, 2.24) is 14.7 Å². The summed E-state index contributed by atoms with van der Waals surface area (Å²) in [5.74, 6) is -0.531. The number of thiophene rings is 1. The highest BCUT2D eigenvalue weighted by molar-refractivity contribution is 7.15. The van der Waals surface area contributed by atoms with Crippen LogP contribution in [0.25, 0.3) is 0 Å². The van der Waals surface area contributed by atoms with Crippen molar-refractivity contribution in [2.24, 2.45) is 5.73 Å². The SMILES string of the molecule is NC(=O)c1ccc(C(=O)N2CCC[C@@H](n3cccn3)C2)s1. The van der Waals surface area contributed by atoms with Gasteiger partial charge in [-0.15, -0.1) is 11.3 Å². The first-order chi connectivity index (χ1) is 10.1. The maximum atomic E-state index is 12.5. The van der Waals surface area contributed by atoms with Gasteiger partial charge in [-0.2, -0.15) is 5.10 Å². The van der Waals surface area contributed by atoms with Crippen LogP contribution in [0.15, 0.2) is 30.6 Å². The van der Waals surface area contributed by atoms with E-state index in [-0.39, 0.29) is 11.9 Å². The maximum Gasteiger partial charge on any atom is 0.264 e. The Labute approximate surface area is 126 Å². The van der Waals surface area contributed by atoms with Gasteiger partial charge in [0.05, 0.1) is 15.8 Å². The Morgan fingerprint density at radius 3 is 2.81 bits per heavy atom. The Bertz CT molecular complexity index is 650. The zero-order valence-corrected chi connectivity index (χ0v) is 12.3. The highest BCUT2D eigenvalue weighted by Crippen LogP contribution is 2.24. The van der Waals surface area contributed by atoms with E-state index in [9.17, 15) is 9.59 Å². The number of nitrogens with two attached hydrogens (primary N) is 1. The predicted molar refractivity (Wildman–Crippen MR) is 79.2 cm³/mol. The summed E-state index contributed by atoms with van der Waals surface area (Å²) in [5.41, 5.74) is 5.23. The molecule has 1 aliphatic rings. The summed E-state index contributed by atoms with van der Waals surface area (Å²) in [6, 6.07) is 5.38. The molecule has 1 fully saturated rings. The second-order valence-corrected chi connectivity index (χ2v) is 6.15. The largest absolute Gasteiger partial charge is 0.365 e. The van der Waals surface area contributed by atoms with E-state index in [2.05, 4.69) is 5.10 Å². The van der Waals surface area contributed by atoms with Gasteiger partial charge in [0.25, 0.3) is 11.8 Å². The molecule has 0 bridgehead atoms. The molecule has 6 nitrogen and oxygen atoms in total. The van der Waals surface area contributed by atoms with Crippen LogP contribution in [-0.4, -0.2) is 39.6 Å². The molecule has 3 rings (SSSR count). The van der Waals surface area contributed by atoms with Crippen molar-refractivity contribution < 1.29 is 9.59 Å². The fourth-order valence-corrected chi connectivity index (χ4v) is 3.42. The van der Waals surface area contributed by atoms with Crippen molar-refractivity contribution in [1.29, 1.82) is 0 Å². The second kappa shape index (κ2) is 5.69. The van der Waals surface area contributed by atoms with Gasteiger partial charge in [-0.1, -0.05) is 0 Å². The van der Waals surface area contributed by atoms with Crippen LogP contribution in [0.5, 0.6) is 0 Å². The molecule has 110 valence electrons. The predicted octanol–water partition coefficient (Wildman–Crippen LogP) is 1.52. The minimum atomic E-state index is -0.493. The molecule has 0 aromatic carbocycles. The number of hydrogen-bond donors (Lipinski definition) is 1. The normalized spacial score (nSPS) is 18.7. The van der Waals surface area contributed by atoms with Crippen LogP contribution in [0.2, 0.25) is 0 Å². The summed E-state index contributed by atoms with van der Waals surface area (Å²) in [5, 5.41) is 4.25. The lowest BCUT2D eigenvalue weighted by molar-refractivity contribution is 0.0678. The molecule has 0 saturated carbocycles. The number of carbonyl (C=O) groups excluding carboxylic acids is 2. The summed E-state index contributed by atoms with van der Waals surface area (Å²) in [4.78, 5) is 26.4. The third-order valence-corrected chi connectivity index (χ3v) is 4.73. The van der Waals surface area contributed by atoms with E-state index in [0.29, 0.717) is 16.3 Å². The van der Waals surface area contributed by atoms with Crippen LogP contribution in [0.4, 0.5) is 0 Å². The third-order valence-electron chi connectivity index (χ3n) is 3.64. The Hall–Kier alpha value is -2.15. The van der Waals surface area contributed by atoms with Crippen LogP contribution in [-0.2, 0) is 0 Å². The number of hydrogen-bond acceptors (Lipinski definition) is 4.